The first kappa shape index (κ1) is 16.7. The summed E-state index contributed by atoms with van der Waals surface area (Å²) in [7, 11) is 0. The van der Waals surface area contributed by atoms with E-state index in [2.05, 4.69) is 55.9 Å². The van der Waals surface area contributed by atoms with Crippen molar-refractivity contribution < 1.29 is 4.79 Å². The van der Waals surface area contributed by atoms with Crippen molar-refractivity contribution in [3.63, 3.8) is 0 Å². The molecule has 0 aliphatic heterocycles. The van der Waals surface area contributed by atoms with Crippen LogP contribution < -0.4 is 5.32 Å². The number of halogens is 2. The highest BCUT2D eigenvalue weighted by molar-refractivity contribution is 9.11. The molecule has 1 unspecified atom stereocenters. The maximum Gasteiger partial charge on any atom is 0.251 e. The summed E-state index contributed by atoms with van der Waals surface area (Å²) in [6, 6.07) is 5.69. The predicted molar refractivity (Wildman–Crippen MR) is 86.6 cm³/mol. The average molecular weight is 392 g/mol. The largest absolute Gasteiger partial charge is 0.348 e. The lowest BCUT2D eigenvalue weighted by molar-refractivity contribution is 0.0930. The quantitative estimate of drug-likeness (QED) is 0.802. The molecule has 3 nitrogen and oxygen atoms in total. The number of hydrogen-bond donors (Lipinski definition) is 1. The zero-order valence-electron chi connectivity index (χ0n) is 11.5. The molecule has 1 rings (SSSR count). The van der Waals surface area contributed by atoms with E-state index in [1.165, 1.54) is 0 Å². The van der Waals surface area contributed by atoms with Gasteiger partial charge in [-0.1, -0.05) is 45.7 Å². The third-order valence-electron chi connectivity index (χ3n) is 2.93. The molecule has 0 bridgehead atoms. The first-order valence-corrected chi connectivity index (χ1v) is 8.04. The topological polar surface area (TPSA) is 32.3 Å². The average Bonchev–Trinajstić information content (AvgIpc) is 2.34. The Bertz CT molecular complexity index is 413. The second-order valence-corrected chi connectivity index (χ2v) is 6.35. The molecule has 0 saturated carbocycles. The summed E-state index contributed by atoms with van der Waals surface area (Å²) in [6.45, 7) is 9.16. The number of hydrogen-bond acceptors (Lipinski definition) is 2. The molecule has 1 atom stereocenters. The second-order valence-electron chi connectivity index (χ2n) is 4.52. The Labute approximate surface area is 132 Å². The van der Waals surface area contributed by atoms with E-state index in [1.54, 1.807) is 0 Å². The minimum atomic E-state index is -0.0401. The van der Waals surface area contributed by atoms with Gasteiger partial charge in [-0.15, -0.1) is 0 Å². The fourth-order valence-electron chi connectivity index (χ4n) is 1.91. The van der Waals surface area contributed by atoms with Crippen LogP contribution in [0.5, 0.6) is 0 Å². The molecular formula is C14H20Br2N2O. The van der Waals surface area contributed by atoms with Crippen LogP contribution in [0.4, 0.5) is 0 Å². The zero-order valence-corrected chi connectivity index (χ0v) is 14.7. The number of carbonyl (C=O) groups is 1. The number of nitrogens with one attached hydrogen (secondary N) is 1. The Hall–Kier alpha value is -0.390. The smallest absolute Gasteiger partial charge is 0.251 e. The molecule has 0 heterocycles. The van der Waals surface area contributed by atoms with E-state index in [0.29, 0.717) is 5.56 Å². The number of likely N-dealkylation sites (N-methyl/N-ethyl adjacent to an activating group) is 1. The first-order chi connectivity index (χ1) is 8.96. The summed E-state index contributed by atoms with van der Waals surface area (Å²) in [6.07, 6.45) is 0. The van der Waals surface area contributed by atoms with Crippen molar-refractivity contribution in [1.29, 1.82) is 0 Å². The Kier molecular flexibility index (Phi) is 7.04. The van der Waals surface area contributed by atoms with E-state index in [0.717, 1.165) is 28.6 Å². The maximum atomic E-state index is 12.1. The molecular weight excluding hydrogens is 372 g/mol. The van der Waals surface area contributed by atoms with Crippen molar-refractivity contribution in [2.45, 2.75) is 26.8 Å². The van der Waals surface area contributed by atoms with Gasteiger partial charge < -0.3 is 10.2 Å². The van der Waals surface area contributed by atoms with Crippen LogP contribution in [-0.2, 0) is 0 Å². The Morgan fingerprint density at radius 1 is 1.21 bits per heavy atom. The van der Waals surface area contributed by atoms with Crippen LogP contribution in [0.2, 0.25) is 0 Å². The summed E-state index contributed by atoms with van der Waals surface area (Å²) >= 11 is 6.78. The van der Waals surface area contributed by atoms with E-state index in [9.17, 15) is 4.79 Å². The van der Waals surface area contributed by atoms with Gasteiger partial charge in [0, 0.05) is 27.1 Å². The lowest BCUT2D eigenvalue weighted by Gasteiger charge is -2.23. The first-order valence-electron chi connectivity index (χ1n) is 6.45. The van der Waals surface area contributed by atoms with Crippen molar-refractivity contribution in [2.24, 2.45) is 0 Å². The van der Waals surface area contributed by atoms with E-state index < -0.39 is 0 Å². The minimum absolute atomic E-state index is 0.0401. The molecule has 1 aromatic rings. The Balaban J connectivity index is 2.63. The van der Waals surface area contributed by atoms with Gasteiger partial charge in [-0.25, -0.2) is 0 Å². The van der Waals surface area contributed by atoms with Crippen LogP contribution in [-0.4, -0.2) is 36.5 Å². The van der Waals surface area contributed by atoms with Gasteiger partial charge in [0.05, 0.1) is 0 Å². The number of nitrogens with zero attached hydrogens (tertiary/aromatic N) is 1. The standard InChI is InChI=1S/C14H20Br2N2O/c1-4-18(5-2)9-10(3)17-14(19)11-6-12(15)8-13(16)7-11/h6-8,10H,4-5,9H2,1-3H3,(H,17,19). The monoisotopic (exact) mass is 390 g/mol. The molecule has 0 radical (unpaired) electrons. The molecule has 1 aromatic carbocycles. The van der Waals surface area contributed by atoms with Crippen LogP contribution in [0.25, 0.3) is 0 Å². The van der Waals surface area contributed by atoms with Gasteiger partial charge in [0.15, 0.2) is 0 Å². The van der Waals surface area contributed by atoms with Gasteiger partial charge in [-0.05, 0) is 38.2 Å². The summed E-state index contributed by atoms with van der Waals surface area (Å²) in [5, 5.41) is 3.03. The van der Waals surface area contributed by atoms with E-state index in [1.807, 2.05) is 25.1 Å². The van der Waals surface area contributed by atoms with Crippen LogP contribution in [0.3, 0.4) is 0 Å². The van der Waals surface area contributed by atoms with Crippen LogP contribution in [0.1, 0.15) is 31.1 Å². The normalized spacial score (nSPS) is 12.5. The van der Waals surface area contributed by atoms with Crippen molar-refractivity contribution >= 4 is 37.8 Å². The van der Waals surface area contributed by atoms with Gasteiger partial charge in [-0.2, -0.15) is 0 Å². The summed E-state index contributed by atoms with van der Waals surface area (Å²) in [4.78, 5) is 14.4. The predicted octanol–water partition coefficient (Wildman–Crippen LogP) is 3.67. The highest BCUT2D eigenvalue weighted by Gasteiger charge is 2.13. The molecule has 1 N–H and O–H groups in total. The third kappa shape index (κ3) is 5.63. The molecule has 0 fully saturated rings. The molecule has 0 aliphatic rings. The fourth-order valence-corrected chi connectivity index (χ4v) is 3.20. The number of amides is 1. The van der Waals surface area contributed by atoms with Crippen molar-refractivity contribution in [3.05, 3.63) is 32.7 Å². The molecule has 1 amide bonds. The highest BCUT2D eigenvalue weighted by Crippen LogP contribution is 2.20. The molecule has 0 aromatic heterocycles. The lowest BCUT2D eigenvalue weighted by Crippen LogP contribution is -2.41. The van der Waals surface area contributed by atoms with E-state index >= 15 is 0 Å². The van der Waals surface area contributed by atoms with Gasteiger partial charge in [0.1, 0.15) is 0 Å². The Morgan fingerprint density at radius 2 is 1.74 bits per heavy atom. The van der Waals surface area contributed by atoms with E-state index in [4.69, 9.17) is 0 Å². The summed E-state index contributed by atoms with van der Waals surface area (Å²) in [5.74, 6) is -0.0401. The zero-order chi connectivity index (χ0) is 14.4. The van der Waals surface area contributed by atoms with Crippen molar-refractivity contribution in [1.82, 2.24) is 10.2 Å². The third-order valence-corrected chi connectivity index (χ3v) is 3.84. The number of carbonyl (C=O) groups excluding carboxylic acids is 1. The van der Waals surface area contributed by atoms with Gasteiger partial charge in [0.2, 0.25) is 0 Å². The maximum absolute atomic E-state index is 12.1. The van der Waals surface area contributed by atoms with Crippen molar-refractivity contribution in [2.75, 3.05) is 19.6 Å². The van der Waals surface area contributed by atoms with Gasteiger partial charge >= 0.3 is 0 Å². The van der Waals surface area contributed by atoms with Crippen LogP contribution in [0, 0.1) is 0 Å². The minimum Gasteiger partial charge on any atom is -0.348 e. The fraction of sp³-hybridized carbons (Fsp3) is 0.500. The molecule has 19 heavy (non-hydrogen) atoms. The van der Waals surface area contributed by atoms with E-state index in [-0.39, 0.29) is 11.9 Å². The van der Waals surface area contributed by atoms with Gasteiger partial charge in [0.25, 0.3) is 5.91 Å². The molecule has 0 aliphatic carbocycles. The van der Waals surface area contributed by atoms with Crippen molar-refractivity contribution in [3.8, 4) is 0 Å². The molecule has 0 saturated heterocycles. The lowest BCUT2D eigenvalue weighted by atomic mass is 10.2. The molecule has 5 heteroatoms. The summed E-state index contributed by atoms with van der Waals surface area (Å²) in [5.41, 5.74) is 0.660. The number of benzene rings is 1. The van der Waals surface area contributed by atoms with Gasteiger partial charge in [-0.3, -0.25) is 4.79 Å². The molecule has 0 spiro atoms. The SMILES string of the molecule is CCN(CC)CC(C)NC(=O)c1cc(Br)cc(Br)c1. The summed E-state index contributed by atoms with van der Waals surface area (Å²) < 4.78 is 1.78. The molecule has 106 valence electrons. The van der Waals surface area contributed by atoms with Crippen LogP contribution in [0.15, 0.2) is 27.1 Å². The Morgan fingerprint density at radius 3 is 2.21 bits per heavy atom. The van der Waals surface area contributed by atoms with Crippen LogP contribution >= 0.6 is 31.9 Å². The number of rotatable bonds is 6. The highest BCUT2D eigenvalue weighted by atomic mass is 79.9. The second kappa shape index (κ2) is 8.02.